The number of amides is 1. The third kappa shape index (κ3) is 1.55. The fourth-order valence-corrected chi connectivity index (χ4v) is 0.808. The van der Waals surface area contributed by atoms with Gasteiger partial charge in [-0.2, -0.15) is 0 Å². The van der Waals surface area contributed by atoms with Crippen LogP contribution < -0.4 is 16.5 Å². The molecule has 3 N–H and O–H groups in total. The summed E-state index contributed by atoms with van der Waals surface area (Å²) in [6.45, 7) is 0. The van der Waals surface area contributed by atoms with Gasteiger partial charge < -0.3 is 11.1 Å². The molecular weight excluding hydrogens is 153 g/mol. The first-order chi connectivity index (χ1) is 5.65. The third-order valence-corrected chi connectivity index (χ3v) is 1.41. The van der Waals surface area contributed by atoms with Crippen molar-refractivity contribution < 1.29 is 4.79 Å². The smallest absolute Gasteiger partial charge is 0.254 e. The van der Waals surface area contributed by atoms with E-state index < -0.39 is 0 Å². The third-order valence-electron chi connectivity index (χ3n) is 1.41. The van der Waals surface area contributed by atoms with Gasteiger partial charge in [0.2, 0.25) is 0 Å². The van der Waals surface area contributed by atoms with Crippen LogP contribution in [0.3, 0.4) is 0 Å². The molecule has 0 aliphatic carbocycles. The number of nitrogens with two attached hydrogens (primary N) is 1. The van der Waals surface area contributed by atoms with Crippen LogP contribution in [0.5, 0.6) is 0 Å². The summed E-state index contributed by atoms with van der Waals surface area (Å²) in [6.07, 6.45) is 1.40. The molecule has 0 bridgehead atoms. The maximum Gasteiger partial charge on any atom is 0.254 e. The molecule has 0 atom stereocenters. The number of nitrogens with zero attached hydrogens (tertiary/aromatic N) is 1. The van der Waals surface area contributed by atoms with Crippen molar-refractivity contribution >= 4 is 25.0 Å². The number of rotatable bonds is 1. The quantitative estimate of drug-likeness (QED) is 0.509. The molecule has 0 saturated carbocycles. The van der Waals surface area contributed by atoms with E-state index in [4.69, 9.17) is 13.6 Å². The second-order valence-corrected chi connectivity index (χ2v) is 2.28. The van der Waals surface area contributed by atoms with Gasteiger partial charge in [-0.15, -0.1) is 0 Å². The number of hydrogen-bond acceptors (Lipinski definition) is 3. The first-order valence-electron chi connectivity index (χ1n) is 3.38. The molecule has 0 unspecified atom stereocenters. The number of carbonyl (C=O) groups excluding carboxylic acids is 1. The van der Waals surface area contributed by atoms with Crippen molar-refractivity contribution in [2.75, 3.05) is 12.8 Å². The highest BCUT2D eigenvalue weighted by Gasteiger charge is 2.07. The Labute approximate surface area is 71.6 Å². The Balaban J connectivity index is 3.13. The molecule has 4 nitrogen and oxygen atoms in total. The molecule has 2 radical (unpaired) electrons. The first-order valence-corrected chi connectivity index (χ1v) is 3.38. The summed E-state index contributed by atoms with van der Waals surface area (Å²) >= 11 is 0. The Bertz CT molecular complexity index is 314. The Morgan fingerprint density at radius 1 is 1.75 bits per heavy atom. The van der Waals surface area contributed by atoms with Crippen LogP contribution >= 0.6 is 0 Å². The van der Waals surface area contributed by atoms with Gasteiger partial charge in [0.05, 0.1) is 5.56 Å². The van der Waals surface area contributed by atoms with E-state index in [2.05, 4.69) is 10.3 Å². The zero-order valence-electron chi connectivity index (χ0n) is 6.66. The van der Waals surface area contributed by atoms with Gasteiger partial charge in [0.1, 0.15) is 13.7 Å². The molecule has 0 spiro atoms. The number of nitrogen functional groups attached to an aromatic ring is 1. The lowest BCUT2D eigenvalue weighted by molar-refractivity contribution is 0.0964. The van der Waals surface area contributed by atoms with Crippen LogP contribution in [0.4, 0.5) is 5.82 Å². The van der Waals surface area contributed by atoms with Crippen LogP contribution in [0.25, 0.3) is 0 Å². The normalized spacial score (nSPS) is 9.42. The summed E-state index contributed by atoms with van der Waals surface area (Å²) < 4.78 is 0. The molecule has 0 saturated heterocycles. The molecule has 12 heavy (non-hydrogen) atoms. The van der Waals surface area contributed by atoms with Crippen molar-refractivity contribution in [2.45, 2.75) is 0 Å². The van der Waals surface area contributed by atoms with Gasteiger partial charge >= 0.3 is 0 Å². The Kier molecular flexibility index (Phi) is 2.33. The highest BCUT2D eigenvalue weighted by atomic mass is 16.1. The maximum atomic E-state index is 11.1. The predicted octanol–water partition coefficient (Wildman–Crippen LogP) is -1.18. The van der Waals surface area contributed by atoms with E-state index in [0.717, 1.165) is 0 Å². The first kappa shape index (κ1) is 8.58. The number of nitrogens with one attached hydrogen (secondary N) is 1. The molecule has 1 heterocycles. The van der Waals surface area contributed by atoms with E-state index in [9.17, 15) is 4.79 Å². The molecule has 1 aromatic rings. The van der Waals surface area contributed by atoms with Crippen molar-refractivity contribution in [3.05, 3.63) is 17.8 Å². The predicted molar refractivity (Wildman–Crippen MR) is 47.4 cm³/mol. The van der Waals surface area contributed by atoms with Crippen LogP contribution in [0.15, 0.2) is 12.3 Å². The minimum Gasteiger partial charge on any atom is -0.383 e. The monoisotopic (exact) mass is 161 g/mol. The van der Waals surface area contributed by atoms with Crippen molar-refractivity contribution in [1.29, 1.82) is 0 Å². The minimum atomic E-state index is -0.285. The number of anilines is 1. The van der Waals surface area contributed by atoms with Gasteiger partial charge in [-0.3, -0.25) is 4.79 Å². The minimum absolute atomic E-state index is 0.184. The average Bonchev–Trinajstić information content (AvgIpc) is 2.08. The van der Waals surface area contributed by atoms with Crippen molar-refractivity contribution in [3.8, 4) is 0 Å². The molecule has 60 valence electrons. The Hall–Kier alpha value is -1.52. The fourth-order valence-electron chi connectivity index (χ4n) is 0.808. The van der Waals surface area contributed by atoms with E-state index in [-0.39, 0.29) is 11.7 Å². The van der Waals surface area contributed by atoms with E-state index in [1.165, 1.54) is 19.3 Å². The van der Waals surface area contributed by atoms with Crippen molar-refractivity contribution in [2.24, 2.45) is 0 Å². The number of hydrogen-bond donors (Lipinski definition) is 2. The summed E-state index contributed by atoms with van der Waals surface area (Å²) in [7, 11) is 6.94. The SMILES string of the molecule is [B]c1cnc(N)c(C(=O)NC)c1. The van der Waals surface area contributed by atoms with Gasteiger partial charge in [-0.25, -0.2) is 4.98 Å². The lowest BCUT2D eigenvalue weighted by Crippen LogP contribution is -2.22. The van der Waals surface area contributed by atoms with Gasteiger partial charge in [-0.1, -0.05) is 11.5 Å². The van der Waals surface area contributed by atoms with Gasteiger partial charge in [-0.05, 0) is 0 Å². The van der Waals surface area contributed by atoms with E-state index in [1.807, 2.05) is 0 Å². The topological polar surface area (TPSA) is 68.0 Å². The fraction of sp³-hybridized carbons (Fsp3) is 0.143. The van der Waals surface area contributed by atoms with Crippen LogP contribution in [0.2, 0.25) is 0 Å². The molecule has 1 aromatic heterocycles. The van der Waals surface area contributed by atoms with E-state index in [0.29, 0.717) is 11.0 Å². The second kappa shape index (κ2) is 3.25. The average molecular weight is 161 g/mol. The lowest BCUT2D eigenvalue weighted by atomic mass is 9.97. The van der Waals surface area contributed by atoms with Crippen LogP contribution in [0.1, 0.15) is 10.4 Å². The standard InChI is InChI=1S/C7H8BN3O/c1-10-7(12)5-2-4(8)3-11-6(5)9/h2-3H,1H3,(H2,9,11)(H,10,12). The number of carbonyl (C=O) groups is 1. The second-order valence-electron chi connectivity index (χ2n) is 2.28. The summed E-state index contributed by atoms with van der Waals surface area (Å²) in [5.74, 6) is -0.101. The molecule has 0 fully saturated rings. The number of aromatic nitrogens is 1. The van der Waals surface area contributed by atoms with Crippen LogP contribution in [-0.2, 0) is 0 Å². The van der Waals surface area contributed by atoms with Crippen LogP contribution in [0, 0.1) is 0 Å². The summed E-state index contributed by atoms with van der Waals surface area (Å²) in [5, 5.41) is 2.43. The summed E-state index contributed by atoms with van der Waals surface area (Å²) in [6, 6.07) is 1.49. The summed E-state index contributed by atoms with van der Waals surface area (Å²) in [5.41, 5.74) is 6.16. The van der Waals surface area contributed by atoms with Crippen molar-refractivity contribution in [1.82, 2.24) is 10.3 Å². The Morgan fingerprint density at radius 3 is 3.00 bits per heavy atom. The summed E-state index contributed by atoms with van der Waals surface area (Å²) in [4.78, 5) is 14.8. The largest absolute Gasteiger partial charge is 0.383 e. The zero-order chi connectivity index (χ0) is 9.14. The van der Waals surface area contributed by atoms with Gasteiger partial charge in [0.25, 0.3) is 5.91 Å². The number of pyridine rings is 1. The molecule has 0 aromatic carbocycles. The van der Waals surface area contributed by atoms with Gasteiger partial charge in [0, 0.05) is 13.2 Å². The molecule has 5 heteroatoms. The molecule has 1 rings (SSSR count). The van der Waals surface area contributed by atoms with Crippen molar-refractivity contribution in [3.63, 3.8) is 0 Å². The molecular formula is C7H8BN3O. The zero-order valence-corrected chi connectivity index (χ0v) is 6.66. The van der Waals surface area contributed by atoms with E-state index >= 15 is 0 Å². The highest BCUT2D eigenvalue weighted by Crippen LogP contribution is 2.03. The van der Waals surface area contributed by atoms with E-state index in [1.54, 1.807) is 0 Å². The molecule has 1 amide bonds. The molecule has 0 aliphatic heterocycles. The van der Waals surface area contributed by atoms with Crippen LogP contribution in [-0.4, -0.2) is 25.8 Å². The lowest BCUT2D eigenvalue weighted by Gasteiger charge is -2.03. The maximum absolute atomic E-state index is 11.1. The highest BCUT2D eigenvalue weighted by molar-refractivity contribution is 6.32. The Morgan fingerprint density at radius 2 is 2.42 bits per heavy atom. The molecule has 0 aliphatic rings. The van der Waals surface area contributed by atoms with Gasteiger partial charge in [0.15, 0.2) is 0 Å².